The Hall–Kier alpha value is -0.340. The normalized spacial score (nSPS) is 26.3. The van der Waals surface area contributed by atoms with Crippen molar-refractivity contribution in [3.63, 3.8) is 0 Å². The van der Waals surface area contributed by atoms with Crippen LogP contribution in [0.15, 0.2) is 12.7 Å². The molecule has 94 valence electrons. The highest BCUT2D eigenvalue weighted by atomic mass is 15.2. The van der Waals surface area contributed by atoms with Gasteiger partial charge in [-0.15, -0.1) is 6.58 Å². The minimum atomic E-state index is 0.448. The molecular weight excluding hydrogens is 196 g/mol. The van der Waals surface area contributed by atoms with Gasteiger partial charge in [0.1, 0.15) is 0 Å². The molecule has 0 aromatic heterocycles. The van der Waals surface area contributed by atoms with E-state index in [4.69, 9.17) is 5.84 Å². The fourth-order valence-corrected chi connectivity index (χ4v) is 3.15. The molecule has 0 aromatic rings. The van der Waals surface area contributed by atoms with Crippen LogP contribution in [0, 0.1) is 11.3 Å². The van der Waals surface area contributed by atoms with Crippen LogP contribution in [-0.4, -0.2) is 6.04 Å². The van der Waals surface area contributed by atoms with Gasteiger partial charge in [-0.2, -0.15) is 0 Å². The largest absolute Gasteiger partial charge is 0.271 e. The van der Waals surface area contributed by atoms with Crippen LogP contribution in [0.5, 0.6) is 0 Å². The molecule has 16 heavy (non-hydrogen) atoms. The first-order chi connectivity index (χ1) is 7.61. The Morgan fingerprint density at radius 2 is 2.25 bits per heavy atom. The molecule has 0 aliphatic heterocycles. The minimum Gasteiger partial charge on any atom is -0.271 e. The van der Waals surface area contributed by atoms with Crippen LogP contribution in [0.2, 0.25) is 0 Å². The van der Waals surface area contributed by atoms with Crippen LogP contribution in [0.25, 0.3) is 0 Å². The monoisotopic (exact) mass is 224 g/mol. The molecule has 0 saturated heterocycles. The highest BCUT2D eigenvalue weighted by Crippen LogP contribution is 2.43. The fraction of sp³-hybridized carbons (Fsp3) is 0.857. The molecule has 1 aliphatic carbocycles. The summed E-state index contributed by atoms with van der Waals surface area (Å²) in [4.78, 5) is 0. The summed E-state index contributed by atoms with van der Waals surface area (Å²) in [6.45, 7) is 8.57. The van der Waals surface area contributed by atoms with Gasteiger partial charge in [-0.1, -0.05) is 32.8 Å². The Labute approximate surface area is 101 Å². The van der Waals surface area contributed by atoms with Crippen LogP contribution < -0.4 is 11.3 Å². The van der Waals surface area contributed by atoms with Crippen molar-refractivity contribution in [2.75, 3.05) is 0 Å². The first-order valence-corrected chi connectivity index (χ1v) is 6.69. The van der Waals surface area contributed by atoms with Crippen molar-refractivity contribution in [2.24, 2.45) is 17.2 Å². The first-order valence-electron chi connectivity index (χ1n) is 6.69. The van der Waals surface area contributed by atoms with Crippen LogP contribution in [0.1, 0.15) is 58.8 Å². The van der Waals surface area contributed by atoms with Gasteiger partial charge in [0.25, 0.3) is 0 Å². The molecule has 2 atom stereocenters. The standard InChI is InChI=1S/C14H28N2/c1-4-5-6-10-13(16-15)12-9-7-8-11-14(12,2)3/h4,12-13,16H,1,5-11,15H2,2-3H3. The van der Waals surface area contributed by atoms with E-state index in [1.807, 2.05) is 6.08 Å². The first kappa shape index (κ1) is 13.7. The van der Waals surface area contributed by atoms with E-state index in [9.17, 15) is 0 Å². The maximum atomic E-state index is 5.73. The molecule has 0 bridgehead atoms. The van der Waals surface area contributed by atoms with Crippen molar-refractivity contribution in [3.8, 4) is 0 Å². The molecule has 0 heterocycles. The molecule has 0 amide bonds. The molecule has 1 saturated carbocycles. The number of hydrogen-bond donors (Lipinski definition) is 2. The van der Waals surface area contributed by atoms with E-state index < -0.39 is 0 Å². The van der Waals surface area contributed by atoms with E-state index in [2.05, 4.69) is 25.9 Å². The van der Waals surface area contributed by atoms with E-state index in [-0.39, 0.29) is 0 Å². The average molecular weight is 224 g/mol. The Bertz CT molecular complexity index is 211. The smallest absolute Gasteiger partial charge is 0.0243 e. The number of hydrogen-bond acceptors (Lipinski definition) is 2. The van der Waals surface area contributed by atoms with Gasteiger partial charge < -0.3 is 0 Å². The highest BCUT2D eigenvalue weighted by Gasteiger charge is 2.36. The second kappa shape index (κ2) is 6.41. The van der Waals surface area contributed by atoms with Gasteiger partial charge in [0, 0.05) is 6.04 Å². The SMILES string of the molecule is C=CCCCC(NN)C1CCCCC1(C)C. The summed E-state index contributed by atoms with van der Waals surface area (Å²) < 4.78 is 0. The molecule has 0 spiro atoms. The van der Waals surface area contributed by atoms with Crippen molar-refractivity contribution in [2.45, 2.75) is 64.8 Å². The third kappa shape index (κ3) is 3.60. The molecule has 0 aromatic carbocycles. The summed E-state index contributed by atoms with van der Waals surface area (Å²) in [5.74, 6) is 6.46. The maximum Gasteiger partial charge on any atom is 0.0243 e. The Morgan fingerprint density at radius 3 is 2.81 bits per heavy atom. The molecule has 2 heteroatoms. The molecule has 2 nitrogen and oxygen atoms in total. The van der Waals surface area contributed by atoms with E-state index in [0.717, 1.165) is 12.3 Å². The second-order valence-corrected chi connectivity index (χ2v) is 5.83. The Kier molecular flexibility index (Phi) is 5.50. The summed E-state index contributed by atoms with van der Waals surface area (Å²) in [5.41, 5.74) is 3.50. The third-order valence-electron chi connectivity index (χ3n) is 4.21. The van der Waals surface area contributed by atoms with E-state index in [1.54, 1.807) is 0 Å². The summed E-state index contributed by atoms with van der Waals surface area (Å²) in [6, 6.07) is 0.482. The number of nitrogens with one attached hydrogen (secondary N) is 1. The Balaban J connectivity index is 2.52. The Morgan fingerprint density at radius 1 is 1.50 bits per heavy atom. The van der Waals surface area contributed by atoms with Gasteiger partial charge in [0.15, 0.2) is 0 Å². The summed E-state index contributed by atoms with van der Waals surface area (Å²) in [6.07, 6.45) is 10.9. The van der Waals surface area contributed by atoms with Crippen LogP contribution in [0.4, 0.5) is 0 Å². The van der Waals surface area contributed by atoms with E-state index >= 15 is 0 Å². The topological polar surface area (TPSA) is 38.0 Å². The fourth-order valence-electron chi connectivity index (χ4n) is 3.15. The van der Waals surface area contributed by atoms with Crippen LogP contribution in [0.3, 0.4) is 0 Å². The highest BCUT2D eigenvalue weighted by molar-refractivity contribution is 4.89. The average Bonchev–Trinajstić information content (AvgIpc) is 2.25. The van der Waals surface area contributed by atoms with Crippen molar-refractivity contribution in [1.82, 2.24) is 5.43 Å². The molecule has 3 N–H and O–H groups in total. The molecule has 1 fully saturated rings. The predicted octanol–water partition coefficient (Wildman–Crippen LogP) is 3.39. The zero-order chi connectivity index (χ0) is 12.0. The van der Waals surface area contributed by atoms with E-state index in [1.165, 1.54) is 38.5 Å². The van der Waals surface area contributed by atoms with Crippen molar-refractivity contribution >= 4 is 0 Å². The second-order valence-electron chi connectivity index (χ2n) is 5.83. The molecule has 0 radical (unpaired) electrons. The van der Waals surface area contributed by atoms with Crippen molar-refractivity contribution in [3.05, 3.63) is 12.7 Å². The lowest BCUT2D eigenvalue weighted by molar-refractivity contribution is 0.0940. The molecule has 2 unspecified atom stereocenters. The lowest BCUT2D eigenvalue weighted by Gasteiger charge is -2.43. The lowest BCUT2D eigenvalue weighted by Crippen LogP contribution is -2.47. The molecule has 1 rings (SSSR count). The molecular formula is C14H28N2. The van der Waals surface area contributed by atoms with E-state index in [0.29, 0.717) is 11.5 Å². The van der Waals surface area contributed by atoms with Gasteiger partial charge in [0.05, 0.1) is 0 Å². The minimum absolute atomic E-state index is 0.448. The summed E-state index contributed by atoms with van der Waals surface area (Å²) in [7, 11) is 0. The van der Waals surface area contributed by atoms with Gasteiger partial charge in [-0.3, -0.25) is 11.3 Å². The van der Waals surface area contributed by atoms with Gasteiger partial charge in [0.2, 0.25) is 0 Å². The summed E-state index contributed by atoms with van der Waals surface area (Å²) in [5, 5.41) is 0. The lowest BCUT2D eigenvalue weighted by atomic mass is 9.65. The summed E-state index contributed by atoms with van der Waals surface area (Å²) >= 11 is 0. The number of rotatable bonds is 6. The van der Waals surface area contributed by atoms with Crippen LogP contribution >= 0.6 is 0 Å². The molecule has 1 aliphatic rings. The van der Waals surface area contributed by atoms with Gasteiger partial charge >= 0.3 is 0 Å². The number of nitrogens with two attached hydrogens (primary N) is 1. The van der Waals surface area contributed by atoms with Crippen LogP contribution in [-0.2, 0) is 0 Å². The zero-order valence-corrected chi connectivity index (χ0v) is 11.0. The van der Waals surface area contributed by atoms with Gasteiger partial charge in [-0.25, -0.2) is 0 Å². The van der Waals surface area contributed by atoms with Crippen molar-refractivity contribution in [1.29, 1.82) is 0 Å². The zero-order valence-electron chi connectivity index (χ0n) is 11.0. The number of allylic oxidation sites excluding steroid dienone is 1. The third-order valence-corrected chi connectivity index (χ3v) is 4.21. The number of unbranched alkanes of at least 4 members (excludes halogenated alkanes) is 1. The quantitative estimate of drug-likeness (QED) is 0.314. The van der Waals surface area contributed by atoms with Gasteiger partial charge in [-0.05, 0) is 43.4 Å². The van der Waals surface area contributed by atoms with Crippen molar-refractivity contribution < 1.29 is 0 Å². The predicted molar refractivity (Wildman–Crippen MR) is 70.9 cm³/mol. The maximum absolute atomic E-state index is 5.73. The number of hydrazine groups is 1.